The third kappa shape index (κ3) is 5.44. The van der Waals surface area contributed by atoms with Crippen LogP contribution in [-0.2, 0) is 16.0 Å². The standard InChI is InChI=1S/C13H16ClFN2O3/c1-2-16-13(19)17-6-7-20-12(18)8-9-10(14)4-3-5-11(9)15/h3-5H,2,6-8H2,1H3,(H2,16,17,19). The van der Waals surface area contributed by atoms with Gasteiger partial charge in [-0.25, -0.2) is 9.18 Å². The number of rotatable bonds is 6. The van der Waals surface area contributed by atoms with Crippen LogP contribution in [0.3, 0.4) is 0 Å². The van der Waals surface area contributed by atoms with Crippen molar-refractivity contribution in [3.8, 4) is 0 Å². The minimum atomic E-state index is -0.602. The van der Waals surface area contributed by atoms with Crippen molar-refractivity contribution in [3.63, 3.8) is 0 Å². The first-order valence-corrected chi connectivity index (χ1v) is 6.52. The highest BCUT2D eigenvalue weighted by atomic mass is 35.5. The van der Waals surface area contributed by atoms with E-state index in [4.69, 9.17) is 16.3 Å². The SMILES string of the molecule is CCNC(=O)NCCOC(=O)Cc1c(F)cccc1Cl. The number of hydrogen-bond donors (Lipinski definition) is 2. The zero-order valence-electron chi connectivity index (χ0n) is 11.0. The molecular weight excluding hydrogens is 287 g/mol. The first-order valence-electron chi connectivity index (χ1n) is 6.14. The summed E-state index contributed by atoms with van der Waals surface area (Å²) >= 11 is 5.80. The monoisotopic (exact) mass is 302 g/mol. The average molecular weight is 303 g/mol. The highest BCUT2D eigenvalue weighted by Crippen LogP contribution is 2.19. The Morgan fingerprint density at radius 2 is 2.10 bits per heavy atom. The number of carbonyl (C=O) groups excluding carboxylic acids is 2. The Morgan fingerprint density at radius 1 is 1.35 bits per heavy atom. The molecule has 20 heavy (non-hydrogen) atoms. The fraction of sp³-hybridized carbons (Fsp3) is 0.385. The van der Waals surface area contributed by atoms with Gasteiger partial charge in [0.05, 0.1) is 13.0 Å². The average Bonchev–Trinajstić information content (AvgIpc) is 2.39. The largest absolute Gasteiger partial charge is 0.464 e. The van der Waals surface area contributed by atoms with E-state index in [-0.39, 0.29) is 36.2 Å². The Bertz CT molecular complexity index is 462. The molecule has 7 heteroatoms. The van der Waals surface area contributed by atoms with Gasteiger partial charge < -0.3 is 15.4 Å². The van der Waals surface area contributed by atoms with Crippen molar-refractivity contribution in [2.24, 2.45) is 0 Å². The molecule has 1 rings (SSSR count). The number of halogens is 2. The van der Waals surface area contributed by atoms with Crippen molar-refractivity contribution in [2.75, 3.05) is 19.7 Å². The van der Waals surface area contributed by atoms with Crippen molar-refractivity contribution in [1.82, 2.24) is 10.6 Å². The predicted octanol–water partition coefficient (Wildman–Crippen LogP) is 1.88. The summed E-state index contributed by atoms with van der Waals surface area (Å²) < 4.78 is 18.3. The van der Waals surface area contributed by atoms with Gasteiger partial charge >= 0.3 is 12.0 Å². The minimum absolute atomic E-state index is 0.0159. The zero-order valence-corrected chi connectivity index (χ0v) is 11.8. The van der Waals surface area contributed by atoms with Crippen LogP contribution in [-0.4, -0.2) is 31.7 Å². The van der Waals surface area contributed by atoms with E-state index in [1.807, 2.05) is 0 Å². The molecule has 0 atom stereocenters. The number of ether oxygens (including phenoxy) is 1. The topological polar surface area (TPSA) is 67.4 Å². The molecule has 0 fully saturated rings. The van der Waals surface area contributed by atoms with E-state index in [0.717, 1.165) is 0 Å². The van der Waals surface area contributed by atoms with Crippen LogP contribution in [0.25, 0.3) is 0 Å². The number of nitrogens with one attached hydrogen (secondary N) is 2. The summed E-state index contributed by atoms with van der Waals surface area (Å²) in [6.45, 7) is 2.50. The molecule has 0 radical (unpaired) electrons. The first-order chi connectivity index (χ1) is 9.54. The molecule has 0 aromatic heterocycles. The molecule has 0 aliphatic carbocycles. The molecular formula is C13H16ClFN2O3. The lowest BCUT2D eigenvalue weighted by Crippen LogP contribution is -2.37. The lowest BCUT2D eigenvalue weighted by atomic mass is 10.1. The normalized spacial score (nSPS) is 9.95. The molecule has 0 aliphatic rings. The van der Waals surface area contributed by atoms with E-state index in [0.29, 0.717) is 6.54 Å². The third-order valence-electron chi connectivity index (χ3n) is 2.37. The van der Waals surface area contributed by atoms with Crippen molar-refractivity contribution >= 4 is 23.6 Å². The van der Waals surface area contributed by atoms with E-state index in [1.54, 1.807) is 6.92 Å². The molecule has 0 aliphatic heterocycles. The highest BCUT2D eigenvalue weighted by Gasteiger charge is 2.12. The van der Waals surface area contributed by atoms with E-state index < -0.39 is 11.8 Å². The summed E-state index contributed by atoms with van der Waals surface area (Å²) in [6, 6.07) is 3.86. The number of carbonyl (C=O) groups is 2. The molecule has 0 saturated carbocycles. The molecule has 110 valence electrons. The molecule has 0 unspecified atom stereocenters. The summed E-state index contributed by atoms with van der Waals surface area (Å²) in [5.41, 5.74) is 0.107. The summed E-state index contributed by atoms with van der Waals surface area (Å²) in [5, 5.41) is 5.21. The van der Waals surface area contributed by atoms with Gasteiger partial charge in [-0.15, -0.1) is 0 Å². The van der Waals surface area contributed by atoms with Gasteiger partial charge in [-0.2, -0.15) is 0 Å². The van der Waals surface area contributed by atoms with Gasteiger partial charge in [0.25, 0.3) is 0 Å². The fourth-order valence-electron chi connectivity index (χ4n) is 1.45. The van der Waals surface area contributed by atoms with E-state index >= 15 is 0 Å². The van der Waals surface area contributed by atoms with Gasteiger partial charge in [-0.3, -0.25) is 4.79 Å². The van der Waals surface area contributed by atoms with Gasteiger partial charge in [0.1, 0.15) is 12.4 Å². The molecule has 0 spiro atoms. The van der Waals surface area contributed by atoms with Gasteiger partial charge in [-0.1, -0.05) is 17.7 Å². The Hall–Kier alpha value is -1.82. The molecule has 0 saturated heterocycles. The molecule has 1 aromatic carbocycles. The fourth-order valence-corrected chi connectivity index (χ4v) is 1.68. The van der Waals surface area contributed by atoms with Gasteiger partial charge in [-0.05, 0) is 19.1 Å². The van der Waals surface area contributed by atoms with Crippen LogP contribution in [0.4, 0.5) is 9.18 Å². The number of amides is 2. The maximum atomic E-state index is 13.4. The van der Waals surface area contributed by atoms with Crippen molar-refractivity contribution in [3.05, 3.63) is 34.6 Å². The second-order valence-electron chi connectivity index (χ2n) is 3.88. The van der Waals surface area contributed by atoms with Gasteiger partial charge in [0, 0.05) is 17.1 Å². The van der Waals surface area contributed by atoms with Crippen molar-refractivity contribution in [2.45, 2.75) is 13.3 Å². The van der Waals surface area contributed by atoms with Crippen LogP contribution in [0.15, 0.2) is 18.2 Å². The summed E-state index contributed by atoms with van der Waals surface area (Å²) in [4.78, 5) is 22.5. The lowest BCUT2D eigenvalue weighted by molar-refractivity contribution is -0.142. The second-order valence-corrected chi connectivity index (χ2v) is 4.29. The Labute approximate surface area is 121 Å². The van der Waals surface area contributed by atoms with Gasteiger partial charge in [0.2, 0.25) is 0 Å². The summed E-state index contributed by atoms with van der Waals surface area (Å²) in [6.07, 6.45) is -0.243. The van der Waals surface area contributed by atoms with Gasteiger partial charge in [0.15, 0.2) is 0 Å². The summed E-state index contributed by atoms with van der Waals surface area (Å²) in [7, 11) is 0. The van der Waals surface area contributed by atoms with E-state index in [2.05, 4.69) is 10.6 Å². The lowest BCUT2D eigenvalue weighted by Gasteiger charge is -2.08. The molecule has 5 nitrogen and oxygen atoms in total. The molecule has 0 bridgehead atoms. The number of benzene rings is 1. The Kier molecular flexibility index (Phi) is 6.79. The van der Waals surface area contributed by atoms with Crippen LogP contribution in [0, 0.1) is 5.82 Å². The van der Waals surface area contributed by atoms with E-state index in [1.165, 1.54) is 18.2 Å². The van der Waals surface area contributed by atoms with Crippen LogP contribution in [0.5, 0.6) is 0 Å². The van der Waals surface area contributed by atoms with Crippen LogP contribution < -0.4 is 10.6 Å². The smallest absolute Gasteiger partial charge is 0.314 e. The van der Waals surface area contributed by atoms with E-state index in [9.17, 15) is 14.0 Å². The maximum Gasteiger partial charge on any atom is 0.314 e. The molecule has 2 N–H and O–H groups in total. The second kappa shape index (κ2) is 8.37. The molecule has 2 amide bonds. The summed E-state index contributed by atoms with van der Waals surface area (Å²) in [5.74, 6) is -1.15. The zero-order chi connectivity index (χ0) is 15.0. The Morgan fingerprint density at radius 3 is 2.75 bits per heavy atom. The first kappa shape index (κ1) is 16.2. The Balaban J connectivity index is 2.32. The minimum Gasteiger partial charge on any atom is -0.464 e. The van der Waals surface area contributed by atoms with Crippen LogP contribution >= 0.6 is 11.6 Å². The number of esters is 1. The maximum absolute atomic E-state index is 13.4. The number of urea groups is 1. The quantitative estimate of drug-likeness (QED) is 0.623. The van der Waals surface area contributed by atoms with Crippen molar-refractivity contribution in [1.29, 1.82) is 0 Å². The highest BCUT2D eigenvalue weighted by molar-refractivity contribution is 6.31. The van der Waals surface area contributed by atoms with Crippen molar-refractivity contribution < 1.29 is 18.7 Å². The number of hydrogen-bond acceptors (Lipinski definition) is 3. The van der Waals surface area contributed by atoms with Crippen LogP contribution in [0.2, 0.25) is 5.02 Å². The van der Waals surface area contributed by atoms with Crippen LogP contribution in [0.1, 0.15) is 12.5 Å². The molecule has 1 aromatic rings. The molecule has 0 heterocycles. The predicted molar refractivity (Wildman–Crippen MR) is 73.1 cm³/mol. The third-order valence-corrected chi connectivity index (χ3v) is 2.72.